The third kappa shape index (κ3) is 8.51. The predicted octanol–water partition coefficient (Wildman–Crippen LogP) is 2.02. The van der Waals surface area contributed by atoms with E-state index in [0.717, 1.165) is 5.56 Å². The zero-order chi connectivity index (χ0) is 22.6. The van der Waals surface area contributed by atoms with E-state index in [2.05, 4.69) is 5.32 Å². The number of esters is 2. The molecule has 170 valence electrons. The number of rotatable bonds is 5. The Balaban J connectivity index is 2.05. The van der Waals surface area contributed by atoms with Crippen LogP contribution in [0.25, 0.3) is 0 Å². The zero-order valence-electron chi connectivity index (χ0n) is 18.2. The summed E-state index contributed by atoms with van der Waals surface area (Å²) in [5.74, 6) is -2.21. The highest BCUT2D eigenvalue weighted by Gasteiger charge is 2.26. The van der Waals surface area contributed by atoms with Gasteiger partial charge in [-0.1, -0.05) is 49.4 Å². The number of ether oxygens (including phenoxy) is 4. The molecule has 1 aromatic rings. The first-order valence-corrected chi connectivity index (χ1v) is 10.3. The Hall–Kier alpha value is -2.71. The number of carbonyl (C=O) groups is 3. The first-order chi connectivity index (χ1) is 14.9. The average Bonchev–Trinajstić information content (AvgIpc) is 2.77. The molecular weight excluding hydrogens is 402 g/mol. The number of hydrogen-bond donors (Lipinski definition) is 1. The Morgan fingerprint density at radius 2 is 1.74 bits per heavy atom. The van der Waals surface area contributed by atoms with Crippen molar-refractivity contribution in [1.82, 2.24) is 5.32 Å². The summed E-state index contributed by atoms with van der Waals surface area (Å²) in [7, 11) is 1.54. The summed E-state index contributed by atoms with van der Waals surface area (Å²) in [5, 5.41) is 2.65. The van der Waals surface area contributed by atoms with Crippen LogP contribution in [0.2, 0.25) is 0 Å². The minimum Gasteiger partial charge on any atom is -0.463 e. The molecule has 1 aliphatic heterocycles. The Kier molecular flexibility index (Phi) is 10.2. The molecular formula is C23H31NO7. The van der Waals surface area contributed by atoms with Gasteiger partial charge in [-0.05, 0) is 12.5 Å². The number of methoxy groups -OCH3 is 1. The van der Waals surface area contributed by atoms with Crippen molar-refractivity contribution in [3.63, 3.8) is 0 Å². The second-order valence-corrected chi connectivity index (χ2v) is 7.55. The van der Waals surface area contributed by atoms with Crippen molar-refractivity contribution >= 4 is 17.8 Å². The normalized spacial score (nSPS) is 26.2. The van der Waals surface area contributed by atoms with Crippen molar-refractivity contribution in [1.29, 1.82) is 0 Å². The number of carbonyl (C=O) groups excluding carboxylic acids is 3. The summed E-state index contributed by atoms with van der Waals surface area (Å²) < 4.78 is 21.6. The highest BCUT2D eigenvalue weighted by Crippen LogP contribution is 2.12. The molecule has 8 heteroatoms. The Bertz CT molecular complexity index is 750. The van der Waals surface area contributed by atoms with Crippen molar-refractivity contribution in [2.24, 2.45) is 11.8 Å². The summed E-state index contributed by atoms with van der Waals surface area (Å²) in [6, 6.07) is 8.50. The van der Waals surface area contributed by atoms with Crippen LogP contribution in [0.4, 0.5) is 0 Å². The molecule has 4 atom stereocenters. The van der Waals surface area contributed by atoms with Gasteiger partial charge in [0.05, 0.1) is 25.2 Å². The molecule has 0 aromatic heterocycles. The Labute approximate surface area is 182 Å². The van der Waals surface area contributed by atoms with Crippen molar-refractivity contribution in [2.75, 3.05) is 26.9 Å². The third-order valence-electron chi connectivity index (χ3n) is 4.92. The molecule has 0 radical (unpaired) electrons. The monoisotopic (exact) mass is 433 g/mol. The molecule has 8 nitrogen and oxygen atoms in total. The van der Waals surface area contributed by atoms with Crippen molar-refractivity contribution in [3.8, 4) is 0 Å². The summed E-state index contributed by atoms with van der Waals surface area (Å²) in [4.78, 5) is 37.1. The highest BCUT2D eigenvalue weighted by molar-refractivity contribution is 5.85. The van der Waals surface area contributed by atoms with Gasteiger partial charge in [-0.15, -0.1) is 0 Å². The maximum Gasteiger partial charge on any atom is 0.331 e. The topological polar surface area (TPSA) is 100 Å². The number of benzene rings is 1. The molecule has 1 aliphatic rings. The minimum absolute atomic E-state index is 0.0514. The van der Waals surface area contributed by atoms with E-state index >= 15 is 0 Å². The van der Waals surface area contributed by atoms with Crippen molar-refractivity contribution in [3.05, 3.63) is 48.0 Å². The van der Waals surface area contributed by atoms with Crippen molar-refractivity contribution in [2.45, 2.75) is 39.0 Å². The fraction of sp³-hybridized carbons (Fsp3) is 0.522. The second-order valence-electron chi connectivity index (χ2n) is 7.55. The lowest BCUT2D eigenvalue weighted by molar-refractivity contribution is -0.159. The molecule has 31 heavy (non-hydrogen) atoms. The quantitative estimate of drug-likeness (QED) is 0.560. The van der Waals surface area contributed by atoms with Gasteiger partial charge in [0.15, 0.2) is 6.04 Å². The molecule has 0 bridgehead atoms. The molecule has 0 saturated heterocycles. The van der Waals surface area contributed by atoms with Crippen LogP contribution in [-0.2, 0) is 39.9 Å². The molecule has 0 spiro atoms. The number of hydrogen-bond acceptors (Lipinski definition) is 7. The van der Waals surface area contributed by atoms with Gasteiger partial charge >= 0.3 is 11.9 Å². The molecule has 0 aliphatic carbocycles. The largest absolute Gasteiger partial charge is 0.463 e. The van der Waals surface area contributed by atoms with E-state index in [1.54, 1.807) is 13.0 Å². The molecule has 1 N–H and O–H groups in total. The van der Waals surface area contributed by atoms with Gasteiger partial charge in [-0.25, -0.2) is 4.79 Å². The maximum atomic E-state index is 12.5. The van der Waals surface area contributed by atoms with Gasteiger partial charge in [0, 0.05) is 19.4 Å². The van der Waals surface area contributed by atoms with Crippen LogP contribution in [0, 0.1) is 11.8 Å². The standard InChI is InChI=1S/C23H31NO7/c1-16-8-7-11-21(25)24-19(14-29-13-18-9-5-4-6-10-18)23(27)30-12-17(2)22(26)31-15-20(16)28-3/h4-10,16-17,19-20H,11-15H2,1-3H3,(H,24,25)/t16-,17+,19+,20+/m1/s1. The number of nitrogens with one attached hydrogen (secondary N) is 1. The SMILES string of the molecule is CO[C@H]1COC(=O)[C@@H](C)COC(=O)[C@H](COCc2ccccc2)NC(=O)CC=C[C@H]1C. The summed E-state index contributed by atoms with van der Waals surface area (Å²) in [6.07, 6.45) is 3.26. The van der Waals surface area contributed by atoms with Gasteiger partial charge in [-0.3, -0.25) is 9.59 Å². The summed E-state index contributed by atoms with van der Waals surface area (Å²) in [5.41, 5.74) is 0.945. The van der Waals surface area contributed by atoms with E-state index < -0.39 is 23.9 Å². The van der Waals surface area contributed by atoms with E-state index in [0.29, 0.717) is 6.61 Å². The van der Waals surface area contributed by atoms with Crippen LogP contribution < -0.4 is 5.32 Å². The van der Waals surface area contributed by atoms with Gasteiger partial charge in [-0.2, -0.15) is 0 Å². The summed E-state index contributed by atoms with van der Waals surface area (Å²) in [6.45, 7) is 3.67. The first-order valence-electron chi connectivity index (χ1n) is 10.3. The highest BCUT2D eigenvalue weighted by atomic mass is 16.6. The van der Waals surface area contributed by atoms with Gasteiger partial charge in [0.25, 0.3) is 0 Å². The minimum atomic E-state index is -0.984. The number of amides is 1. The van der Waals surface area contributed by atoms with Crippen LogP contribution in [0.3, 0.4) is 0 Å². The molecule has 0 saturated carbocycles. The Morgan fingerprint density at radius 1 is 1.03 bits per heavy atom. The average molecular weight is 434 g/mol. The summed E-state index contributed by atoms with van der Waals surface area (Å²) >= 11 is 0. The van der Waals surface area contributed by atoms with Gasteiger partial charge in [0.1, 0.15) is 13.2 Å². The third-order valence-corrected chi connectivity index (χ3v) is 4.92. The molecule has 2 rings (SSSR count). The van der Waals surface area contributed by atoms with E-state index in [4.69, 9.17) is 18.9 Å². The van der Waals surface area contributed by atoms with Gasteiger partial charge in [0.2, 0.25) is 5.91 Å². The van der Waals surface area contributed by atoms with Crippen LogP contribution in [-0.4, -0.2) is 56.9 Å². The lowest BCUT2D eigenvalue weighted by atomic mass is 10.0. The van der Waals surface area contributed by atoms with Crippen LogP contribution in [0.5, 0.6) is 0 Å². The smallest absolute Gasteiger partial charge is 0.331 e. The van der Waals surface area contributed by atoms with Crippen LogP contribution in [0.15, 0.2) is 42.5 Å². The maximum absolute atomic E-state index is 12.5. The van der Waals surface area contributed by atoms with E-state index in [-0.39, 0.29) is 44.2 Å². The van der Waals surface area contributed by atoms with Crippen LogP contribution in [0.1, 0.15) is 25.8 Å². The fourth-order valence-corrected chi connectivity index (χ4v) is 2.92. The lowest BCUT2D eigenvalue weighted by Crippen LogP contribution is -2.45. The number of cyclic esters (lactones) is 2. The molecule has 0 fully saturated rings. The van der Waals surface area contributed by atoms with E-state index in [1.807, 2.05) is 43.3 Å². The Morgan fingerprint density at radius 3 is 2.45 bits per heavy atom. The second kappa shape index (κ2) is 12.9. The predicted molar refractivity (Wildman–Crippen MR) is 113 cm³/mol. The molecule has 1 aromatic carbocycles. The van der Waals surface area contributed by atoms with Crippen molar-refractivity contribution < 1.29 is 33.3 Å². The molecule has 1 heterocycles. The van der Waals surface area contributed by atoms with Crippen LogP contribution >= 0.6 is 0 Å². The fourth-order valence-electron chi connectivity index (χ4n) is 2.92. The van der Waals surface area contributed by atoms with Gasteiger partial charge < -0.3 is 24.3 Å². The van der Waals surface area contributed by atoms with E-state index in [9.17, 15) is 14.4 Å². The first kappa shape index (κ1) is 24.6. The zero-order valence-corrected chi connectivity index (χ0v) is 18.2. The molecule has 1 amide bonds. The lowest BCUT2D eigenvalue weighted by Gasteiger charge is -2.21. The van der Waals surface area contributed by atoms with E-state index in [1.165, 1.54) is 7.11 Å². The molecule has 0 unspecified atom stereocenters.